The van der Waals surface area contributed by atoms with Crippen molar-refractivity contribution in [2.75, 3.05) is 26.2 Å². The lowest BCUT2D eigenvalue weighted by Gasteiger charge is -2.28. The standard InChI is InChI=1S/C17H24FN3O2.ClH/c1-12(2)15(17(23)21-10-3-8-19-9-11-21)20-16(22)13-4-6-14(18)7-5-13;/h4-7,12,15,19H,3,8-11H2,1-2H3,(H,20,22);1H. The van der Waals surface area contributed by atoms with E-state index in [0.717, 1.165) is 19.5 Å². The average Bonchev–Trinajstić information content (AvgIpc) is 2.81. The molecule has 1 aromatic rings. The summed E-state index contributed by atoms with van der Waals surface area (Å²) in [5.41, 5.74) is 0.349. The summed E-state index contributed by atoms with van der Waals surface area (Å²) >= 11 is 0. The number of nitrogens with one attached hydrogen (secondary N) is 2. The molecule has 2 amide bonds. The molecule has 1 atom stereocenters. The maximum atomic E-state index is 13.0. The third-order valence-electron chi connectivity index (χ3n) is 3.98. The Morgan fingerprint density at radius 2 is 1.83 bits per heavy atom. The van der Waals surface area contributed by atoms with Crippen molar-refractivity contribution in [2.24, 2.45) is 5.92 Å². The smallest absolute Gasteiger partial charge is 0.251 e. The molecule has 0 radical (unpaired) electrons. The number of hydrogen-bond donors (Lipinski definition) is 2. The van der Waals surface area contributed by atoms with Gasteiger partial charge in [0.2, 0.25) is 5.91 Å². The van der Waals surface area contributed by atoms with E-state index in [-0.39, 0.29) is 30.1 Å². The van der Waals surface area contributed by atoms with Crippen molar-refractivity contribution in [3.05, 3.63) is 35.6 Å². The van der Waals surface area contributed by atoms with E-state index in [1.165, 1.54) is 24.3 Å². The summed E-state index contributed by atoms with van der Waals surface area (Å²) < 4.78 is 13.0. The fourth-order valence-electron chi connectivity index (χ4n) is 2.60. The Hall–Kier alpha value is -1.66. The number of benzene rings is 1. The van der Waals surface area contributed by atoms with Crippen molar-refractivity contribution in [1.82, 2.24) is 15.5 Å². The van der Waals surface area contributed by atoms with E-state index in [1.807, 2.05) is 13.8 Å². The molecule has 0 bridgehead atoms. The van der Waals surface area contributed by atoms with Crippen molar-refractivity contribution >= 4 is 24.2 Å². The van der Waals surface area contributed by atoms with Gasteiger partial charge in [0.15, 0.2) is 0 Å². The zero-order chi connectivity index (χ0) is 16.8. The van der Waals surface area contributed by atoms with E-state index in [0.29, 0.717) is 18.7 Å². The normalized spacial score (nSPS) is 16.1. The largest absolute Gasteiger partial charge is 0.340 e. The van der Waals surface area contributed by atoms with Crippen LogP contribution in [0, 0.1) is 11.7 Å². The quantitative estimate of drug-likeness (QED) is 0.864. The van der Waals surface area contributed by atoms with Crippen molar-refractivity contribution < 1.29 is 14.0 Å². The molecule has 24 heavy (non-hydrogen) atoms. The number of nitrogens with zero attached hydrogens (tertiary/aromatic N) is 1. The van der Waals surface area contributed by atoms with Crippen molar-refractivity contribution in [3.8, 4) is 0 Å². The van der Waals surface area contributed by atoms with Gasteiger partial charge >= 0.3 is 0 Å². The van der Waals surface area contributed by atoms with Gasteiger partial charge in [0.25, 0.3) is 5.91 Å². The summed E-state index contributed by atoms with van der Waals surface area (Å²) in [6.45, 7) is 6.82. The Balaban J connectivity index is 0.00000288. The summed E-state index contributed by atoms with van der Waals surface area (Å²) in [6.07, 6.45) is 0.905. The lowest BCUT2D eigenvalue weighted by molar-refractivity contribution is -0.134. The Bertz CT molecular complexity index is 543. The minimum absolute atomic E-state index is 0. The maximum absolute atomic E-state index is 13.0. The minimum Gasteiger partial charge on any atom is -0.340 e. The molecule has 2 rings (SSSR count). The van der Waals surface area contributed by atoms with E-state index in [4.69, 9.17) is 0 Å². The van der Waals surface area contributed by atoms with Gasteiger partial charge < -0.3 is 15.5 Å². The Morgan fingerprint density at radius 1 is 1.17 bits per heavy atom. The van der Waals surface area contributed by atoms with Crippen LogP contribution in [-0.2, 0) is 4.79 Å². The molecule has 0 spiro atoms. The average molecular weight is 358 g/mol. The summed E-state index contributed by atoms with van der Waals surface area (Å²) in [7, 11) is 0. The second-order valence-corrected chi connectivity index (χ2v) is 6.13. The fraction of sp³-hybridized carbons (Fsp3) is 0.529. The van der Waals surface area contributed by atoms with Crippen LogP contribution in [0.3, 0.4) is 0 Å². The number of carbonyl (C=O) groups excluding carboxylic acids is 2. The molecule has 1 saturated heterocycles. The first-order valence-corrected chi connectivity index (χ1v) is 8.05. The summed E-state index contributed by atoms with van der Waals surface area (Å²) in [5, 5.41) is 6.05. The number of hydrogen-bond acceptors (Lipinski definition) is 3. The lowest BCUT2D eigenvalue weighted by atomic mass is 10.0. The van der Waals surface area contributed by atoms with Crippen LogP contribution in [0.15, 0.2) is 24.3 Å². The van der Waals surface area contributed by atoms with Gasteiger partial charge in [0.1, 0.15) is 11.9 Å². The van der Waals surface area contributed by atoms with Crippen LogP contribution in [0.25, 0.3) is 0 Å². The van der Waals surface area contributed by atoms with Gasteiger partial charge in [-0.15, -0.1) is 12.4 Å². The van der Waals surface area contributed by atoms with Crippen molar-refractivity contribution in [1.29, 1.82) is 0 Å². The molecule has 0 saturated carbocycles. The van der Waals surface area contributed by atoms with Gasteiger partial charge in [-0.05, 0) is 43.1 Å². The SMILES string of the molecule is CC(C)C(NC(=O)c1ccc(F)cc1)C(=O)N1CCCNCC1.Cl. The summed E-state index contributed by atoms with van der Waals surface area (Å²) in [5.74, 6) is -0.831. The third kappa shape index (κ3) is 5.46. The highest BCUT2D eigenvalue weighted by Crippen LogP contribution is 2.10. The van der Waals surface area contributed by atoms with E-state index in [2.05, 4.69) is 10.6 Å². The van der Waals surface area contributed by atoms with Crippen molar-refractivity contribution in [2.45, 2.75) is 26.3 Å². The number of carbonyl (C=O) groups is 2. The molecule has 1 unspecified atom stereocenters. The summed E-state index contributed by atoms with van der Waals surface area (Å²) in [4.78, 5) is 26.8. The van der Waals surface area contributed by atoms with Gasteiger partial charge in [-0.25, -0.2) is 4.39 Å². The van der Waals surface area contributed by atoms with Crippen LogP contribution >= 0.6 is 12.4 Å². The van der Waals surface area contributed by atoms with Crippen LogP contribution in [0.4, 0.5) is 4.39 Å². The van der Waals surface area contributed by atoms with Crippen molar-refractivity contribution in [3.63, 3.8) is 0 Å². The molecule has 1 aliphatic rings. The van der Waals surface area contributed by atoms with Gasteiger partial charge in [-0.3, -0.25) is 9.59 Å². The number of halogens is 2. The van der Waals surface area contributed by atoms with Gasteiger partial charge in [-0.2, -0.15) is 0 Å². The zero-order valence-electron chi connectivity index (χ0n) is 14.0. The molecule has 2 N–H and O–H groups in total. The molecule has 5 nitrogen and oxygen atoms in total. The second kappa shape index (κ2) is 9.59. The second-order valence-electron chi connectivity index (χ2n) is 6.13. The number of amides is 2. The molecule has 1 aliphatic heterocycles. The van der Waals surface area contributed by atoms with E-state index in [9.17, 15) is 14.0 Å². The molecule has 0 aromatic heterocycles. The van der Waals surface area contributed by atoms with Crippen LogP contribution in [0.1, 0.15) is 30.6 Å². The summed E-state index contributed by atoms with van der Waals surface area (Å²) in [6, 6.07) is 4.74. The van der Waals surface area contributed by atoms with E-state index < -0.39 is 11.9 Å². The van der Waals surface area contributed by atoms with E-state index >= 15 is 0 Å². The highest BCUT2D eigenvalue weighted by atomic mass is 35.5. The predicted octanol–water partition coefficient (Wildman–Crippen LogP) is 1.82. The monoisotopic (exact) mass is 357 g/mol. The Morgan fingerprint density at radius 3 is 2.46 bits per heavy atom. The molecular formula is C17H25ClFN3O2. The molecule has 0 aliphatic carbocycles. The van der Waals surface area contributed by atoms with Gasteiger partial charge in [0.05, 0.1) is 0 Å². The minimum atomic E-state index is -0.578. The molecular weight excluding hydrogens is 333 g/mol. The number of rotatable bonds is 4. The third-order valence-corrected chi connectivity index (χ3v) is 3.98. The fourth-order valence-corrected chi connectivity index (χ4v) is 2.60. The Kier molecular flexibility index (Phi) is 8.15. The van der Waals surface area contributed by atoms with Crippen LogP contribution < -0.4 is 10.6 Å². The van der Waals surface area contributed by atoms with Gasteiger partial charge in [0, 0.05) is 25.2 Å². The first kappa shape index (κ1) is 20.4. The molecule has 134 valence electrons. The molecule has 1 fully saturated rings. The van der Waals surface area contributed by atoms with E-state index in [1.54, 1.807) is 4.90 Å². The van der Waals surface area contributed by atoms with Crippen LogP contribution in [-0.4, -0.2) is 48.9 Å². The molecule has 7 heteroatoms. The highest BCUT2D eigenvalue weighted by molar-refractivity contribution is 5.97. The first-order valence-electron chi connectivity index (χ1n) is 8.05. The lowest BCUT2D eigenvalue weighted by Crippen LogP contribution is -2.52. The first-order chi connectivity index (χ1) is 11.0. The molecule has 1 aromatic carbocycles. The Labute approximate surface area is 148 Å². The maximum Gasteiger partial charge on any atom is 0.251 e. The van der Waals surface area contributed by atoms with Crippen LogP contribution in [0.5, 0.6) is 0 Å². The highest BCUT2D eigenvalue weighted by Gasteiger charge is 2.29. The zero-order valence-corrected chi connectivity index (χ0v) is 14.9. The topological polar surface area (TPSA) is 61.4 Å². The molecule has 1 heterocycles. The van der Waals surface area contributed by atoms with Gasteiger partial charge in [-0.1, -0.05) is 13.8 Å². The predicted molar refractivity (Wildman–Crippen MR) is 93.8 cm³/mol. The van der Waals surface area contributed by atoms with Crippen LogP contribution in [0.2, 0.25) is 0 Å².